The first-order valence-electron chi connectivity index (χ1n) is 9.73. The summed E-state index contributed by atoms with van der Waals surface area (Å²) in [6, 6.07) is 4.65. The third-order valence-electron chi connectivity index (χ3n) is 4.80. The molecule has 1 atom stereocenters. The molecule has 4 N–H and O–H groups in total. The van der Waals surface area contributed by atoms with E-state index in [1.807, 2.05) is 0 Å². The lowest BCUT2D eigenvalue weighted by molar-refractivity contribution is -0.274. The summed E-state index contributed by atoms with van der Waals surface area (Å²) in [7, 11) is 0. The molecule has 1 radical (unpaired) electrons. The fraction of sp³-hybridized carbons (Fsp3) is 0.550. The number of alkyl halides is 3. The molecule has 2 amide bonds. The molecule has 1 aliphatic rings. The number of benzene rings is 1. The predicted octanol–water partition coefficient (Wildman–Crippen LogP) is 3.53. The van der Waals surface area contributed by atoms with Crippen LogP contribution in [-0.4, -0.2) is 30.8 Å². The zero-order valence-corrected chi connectivity index (χ0v) is 16.1. The number of ether oxygens (including phenoxy) is 1. The third kappa shape index (κ3) is 9.54. The van der Waals surface area contributed by atoms with Gasteiger partial charge in [-0.25, -0.2) is 0 Å². The first-order chi connectivity index (χ1) is 13.7. The van der Waals surface area contributed by atoms with Crippen LogP contribution in [0.25, 0.3) is 0 Å². The van der Waals surface area contributed by atoms with E-state index in [4.69, 9.17) is 5.73 Å². The molecular weight excluding hydrogens is 387 g/mol. The highest BCUT2D eigenvalue weighted by Crippen LogP contribution is 2.27. The van der Waals surface area contributed by atoms with Gasteiger partial charge >= 0.3 is 6.36 Å². The van der Waals surface area contributed by atoms with Crippen LogP contribution in [0.15, 0.2) is 24.3 Å². The van der Waals surface area contributed by atoms with Gasteiger partial charge in [-0.3, -0.25) is 9.59 Å². The van der Waals surface area contributed by atoms with Gasteiger partial charge in [0.2, 0.25) is 11.8 Å². The Hall–Kier alpha value is -2.45. The minimum Gasteiger partial charge on any atom is -0.406 e. The van der Waals surface area contributed by atoms with Gasteiger partial charge in [-0.15, -0.1) is 13.2 Å². The summed E-state index contributed by atoms with van der Waals surface area (Å²) in [5.74, 6) is -0.613. The van der Waals surface area contributed by atoms with Crippen LogP contribution in [0.4, 0.5) is 18.9 Å². The predicted molar refractivity (Wildman–Crippen MR) is 103 cm³/mol. The van der Waals surface area contributed by atoms with Gasteiger partial charge in [-0.2, -0.15) is 0 Å². The Kier molecular flexibility index (Phi) is 8.60. The number of carbonyl (C=O) groups excluding carboxylic acids is 2. The summed E-state index contributed by atoms with van der Waals surface area (Å²) in [6.07, 6.45) is 3.43. The molecule has 29 heavy (non-hydrogen) atoms. The lowest BCUT2D eigenvalue weighted by Gasteiger charge is -2.22. The van der Waals surface area contributed by atoms with Crippen LogP contribution in [0.5, 0.6) is 5.75 Å². The smallest absolute Gasteiger partial charge is 0.406 e. The van der Waals surface area contributed by atoms with Gasteiger partial charge < -0.3 is 21.1 Å². The molecule has 0 bridgehead atoms. The molecule has 0 unspecified atom stereocenters. The highest BCUT2D eigenvalue weighted by atomic mass is 19.4. The maximum Gasteiger partial charge on any atom is 0.573 e. The fourth-order valence-electron chi connectivity index (χ4n) is 3.39. The van der Waals surface area contributed by atoms with Crippen molar-refractivity contribution in [3.63, 3.8) is 0 Å². The Balaban J connectivity index is 1.81. The van der Waals surface area contributed by atoms with E-state index in [9.17, 15) is 22.8 Å². The molecule has 2 rings (SSSR count). The Labute approximate surface area is 168 Å². The minimum absolute atomic E-state index is 0.0503. The van der Waals surface area contributed by atoms with Crippen molar-refractivity contribution < 1.29 is 27.5 Å². The number of hydrogen-bond acceptors (Lipinski definition) is 4. The van der Waals surface area contributed by atoms with Crippen molar-refractivity contribution in [2.24, 2.45) is 11.7 Å². The van der Waals surface area contributed by atoms with Crippen LogP contribution >= 0.6 is 0 Å². The van der Waals surface area contributed by atoms with Crippen LogP contribution < -0.4 is 21.1 Å². The van der Waals surface area contributed by atoms with Gasteiger partial charge in [0.05, 0.1) is 6.04 Å². The summed E-state index contributed by atoms with van der Waals surface area (Å²) in [6.45, 7) is 0.200. The van der Waals surface area contributed by atoms with Crippen molar-refractivity contribution in [1.29, 1.82) is 0 Å². The van der Waals surface area contributed by atoms with E-state index in [1.165, 1.54) is 43.5 Å². The standard InChI is InChI=1S/C20H27F3N3O3/c21-20(22,23)29-17-9-7-15(8-10-17)25-13-16(12-18(24)27)26-19(28)11-6-14-4-2-1-3-5-14/h7-11,14,16,25H,1-6,12-13H2,(H2,24,27)(H,26,28)/t16-/m0/s1. The van der Waals surface area contributed by atoms with E-state index in [0.29, 0.717) is 18.0 Å². The SMILES string of the molecule is NC(=O)C[C@@H](CNc1ccc(OC(F)(F)F)cc1)NC(=O)[CH]CC1CCCCC1. The van der Waals surface area contributed by atoms with Crippen molar-refractivity contribution in [2.75, 3.05) is 11.9 Å². The zero-order valence-electron chi connectivity index (χ0n) is 16.1. The van der Waals surface area contributed by atoms with Gasteiger partial charge in [0.15, 0.2) is 0 Å². The van der Waals surface area contributed by atoms with Crippen LogP contribution in [0.2, 0.25) is 0 Å². The molecule has 1 aliphatic carbocycles. The molecule has 0 spiro atoms. The first-order valence-corrected chi connectivity index (χ1v) is 9.73. The number of nitrogens with two attached hydrogens (primary N) is 1. The van der Waals surface area contributed by atoms with Crippen molar-refractivity contribution in [3.05, 3.63) is 30.7 Å². The molecule has 1 aromatic rings. The van der Waals surface area contributed by atoms with Gasteiger partial charge in [-0.05, 0) is 36.6 Å². The highest BCUT2D eigenvalue weighted by Gasteiger charge is 2.31. The molecular formula is C20H27F3N3O3. The van der Waals surface area contributed by atoms with E-state index in [2.05, 4.69) is 15.4 Å². The third-order valence-corrected chi connectivity index (χ3v) is 4.80. The van der Waals surface area contributed by atoms with E-state index in [1.54, 1.807) is 6.42 Å². The Morgan fingerprint density at radius 3 is 2.41 bits per heavy atom. The Morgan fingerprint density at radius 2 is 1.83 bits per heavy atom. The molecule has 6 nitrogen and oxygen atoms in total. The average Bonchev–Trinajstić information content (AvgIpc) is 2.65. The summed E-state index contributed by atoms with van der Waals surface area (Å²) < 4.78 is 40.4. The maximum absolute atomic E-state index is 12.2. The second-order valence-corrected chi connectivity index (χ2v) is 7.27. The monoisotopic (exact) mass is 414 g/mol. The number of primary amides is 1. The molecule has 1 aromatic carbocycles. The molecule has 0 saturated heterocycles. The summed E-state index contributed by atoms with van der Waals surface area (Å²) in [5.41, 5.74) is 5.78. The van der Waals surface area contributed by atoms with Crippen molar-refractivity contribution in [3.8, 4) is 5.75 Å². The Bertz CT molecular complexity index is 659. The average molecular weight is 414 g/mol. The normalized spacial score (nSPS) is 16.1. The number of hydrogen-bond donors (Lipinski definition) is 3. The molecule has 0 aliphatic heterocycles. The number of carbonyl (C=O) groups is 2. The van der Waals surface area contributed by atoms with Gasteiger partial charge in [-0.1, -0.05) is 32.1 Å². The molecule has 9 heteroatoms. The minimum atomic E-state index is -4.75. The van der Waals surface area contributed by atoms with E-state index < -0.39 is 18.3 Å². The summed E-state index contributed by atoms with van der Waals surface area (Å²) in [4.78, 5) is 23.5. The number of halogens is 3. The van der Waals surface area contributed by atoms with E-state index >= 15 is 0 Å². The van der Waals surface area contributed by atoms with Gasteiger partial charge in [0.1, 0.15) is 5.75 Å². The Morgan fingerprint density at radius 1 is 1.17 bits per heavy atom. The highest BCUT2D eigenvalue weighted by molar-refractivity contribution is 5.85. The molecule has 0 aromatic heterocycles. The maximum atomic E-state index is 12.2. The number of nitrogens with one attached hydrogen (secondary N) is 2. The zero-order chi connectivity index (χ0) is 21.3. The summed E-state index contributed by atoms with van der Waals surface area (Å²) in [5, 5.41) is 5.75. The molecule has 1 saturated carbocycles. The molecule has 161 valence electrons. The number of rotatable bonds is 10. The second kappa shape index (κ2) is 10.9. The van der Waals surface area contributed by atoms with Crippen LogP contribution in [-0.2, 0) is 9.59 Å². The van der Waals surface area contributed by atoms with E-state index in [-0.39, 0.29) is 24.6 Å². The first kappa shape index (κ1) is 22.8. The lowest BCUT2D eigenvalue weighted by atomic mass is 9.86. The summed E-state index contributed by atoms with van der Waals surface area (Å²) >= 11 is 0. The van der Waals surface area contributed by atoms with Crippen LogP contribution in [0.1, 0.15) is 44.9 Å². The van der Waals surface area contributed by atoms with Crippen molar-refractivity contribution in [2.45, 2.75) is 57.3 Å². The number of anilines is 1. The van der Waals surface area contributed by atoms with Crippen LogP contribution in [0, 0.1) is 12.3 Å². The molecule has 0 heterocycles. The largest absolute Gasteiger partial charge is 0.573 e. The number of amides is 2. The van der Waals surface area contributed by atoms with Crippen molar-refractivity contribution in [1.82, 2.24) is 5.32 Å². The second-order valence-electron chi connectivity index (χ2n) is 7.27. The van der Waals surface area contributed by atoms with Gasteiger partial charge in [0, 0.05) is 25.1 Å². The van der Waals surface area contributed by atoms with Crippen molar-refractivity contribution >= 4 is 17.5 Å². The quantitative estimate of drug-likeness (QED) is 0.546. The fourth-order valence-corrected chi connectivity index (χ4v) is 3.39. The lowest BCUT2D eigenvalue weighted by Crippen LogP contribution is -2.42. The van der Waals surface area contributed by atoms with E-state index in [0.717, 1.165) is 12.8 Å². The van der Waals surface area contributed by atoms with Gasteiger partial charge in [0.25, 0.3) is 0 Å². The molecule has 1 fully saturated rings. The topological polar surface area (TPSA) is 93.5 Å². The van der Waals surface area contributed by atoms with Crippen LogP contribution in [0.3, 0.4) is 0 Å².